The molecular formula is C20H21F3N4O5. The van der Waals surface area contributed by atoms with Gasteiger partial charge in [-0.25, -0.2) is 0 Å². The maximum absolute atomic E-state index is 13.0. The lowest BCUT2D eigenvalue weighted by Crippen LogP contribution is -2.54. The van der Waals surface area contributed by atoms with E-state index in [1.165, 1.54) is 6.07 Å². The van der Waals surface area contributed by atoms with Crippen molar-refractivity contribution in [1.82, 2.24) is 20.9 Å². The highest BCUT2D eigenvalue weighted by atomic mass is 19.4. The summed E-state index contributed by atoms with van der Waals surface area (Å²) < 4.78 is 43.7. The molecule has 3 heterocycles. The molecule has 3 aliphatic rings. The highest BCUT2D eigenvalue weighted by Gasteiger charge is 2.46. The summed E-state index contributed by atoms with van der Waals surface area (Å²) in [4.78, 5) is 50.3. The molecule has 172 valence electrons. The van der Waals surface area contributed by atoms with E-state index in [-0.39, 0.29) is 50.1 Å². The van der Waals surface area contributed by atoms with Crippen LogP contribution >= 0.6 is 0 Å². The van der Waals surface area contributed by atoms with E-state index in [0.29, 0.717) is 5.56 Å². The van der Waals surface area contributed by atoms with Gasteiger partial charge in [-0.3, -0.25) is 29.4 Å². The van der Waals surface area contributed by atoms with Crippen LogP contribution in [0.15, 0.2) is 18.2 Å². The van der Waals surface area contributed by atoms with Crippen molar-refractivity contribution in [3.8, 4) is 0 Å². The van der Waals surface area contributed by atoms with Crippen LogP contribution in [0.1, 0.15) is 39.1 Å². The number of amides is 4. The number of ether oxygens (including phenoxy) is 1. The minimum atomic E-state index is -4.46. The van der Waals surface area contributed by atoms with Crippen molar-refractivity contribution in [1.29, 1.82) is 0 Å². The van der Waals surface area contributed by atoms with E-state index in [2.05, 4.69) is 16.0 Å². The van der Waals surface area contributed by atoms with Gasteiger partial charge in [0, 0.05) is 32.6 Å². The maximum atomic E-state index is 13.0. The molecule has 12 heteroatoms. The van der Waals surface area contributed by atoms with Crippen LogP contribution in [0.2, 0.25) is 0 Å². The molecule has 3 N–H and O–H groups in total. The lowest BCUT2D eigenvalue weighted by Gasteiger charge is -2.32. The molecule has 3 aliphatic heterocycles. The van der Waals surface area contributed by atoms with Crippen molar-refractivity contribution in [3.63, 3.8) is 0 Å². The molecule has 3 atom stereocenters. The molecule has 1 aromatic rings. The molecule has 4 rings (SSSR count). The number of halogens is 3. The van der Waals surface area contributed by atoms with Crippen LogP contribution in [-0.2, 0) is 20.9 Å². The van der Waals surface area contributed by atoms with Crippen LogP contribution in [0, 0.1) is 0 Å². The van der Waals surface area contributed by atoms with Crippen LogP contribution in [0.5, 0.6) is 0 Å². The second-order valence-corrected chi connectivity index (χ2v) is 7.86. The normalized spacial score (nSPS) is 26.3. The maximum Gasteiger partial charge on any atom is 0.415 e. The summed E-state index contributed by atoms with van der Waals surface area (Å²) in [5, 5.41) is 7.81. The molecule has 0 aromatic heterocycles. The average Bonchev–Trinajstić information content (AvgIpc) is 2.99. The van der Waals surface area contributed by atoms with E-state index in [1.54, 1.807) is 12.1 Å². The number of nitrogens with one attached hydrogen (secondary N) is 3. The number of imide groups is 2. The molecule has 2 saturated heterocycles. The largest absolute Gasteiger partial charge is 0.415 e. The van der Waals surface area contributed by atoms with E-state index in [9.17, 15) is 32.3 Å². The summed E-state index contributed by atoms with van der Waals surface area (Å²) in [6.07, 6.45) is -6.99. The van der Waals surface area contributed by atoms with Gasteiger partial charge in [-0.1, -0.05) is 12.1 Å². The van der Waals surface area contributed by atoms with E-state index in [4.69, 9.17) is 4.74 Å². The number of carbonyl (C=O) groups is 4. The minimum absolute atomic E-state index is 0.0204. The quantitative estimate of drug-likeness (QED) is 0.541. The Morgan fingerprint density at radius 3 is 2.62 bits per heavy atom. The van der Waals surface area contributed by atoms with E-state index >= 15 is 0 Å². The Hall–Kier alpha value is -2.83. The van der Waals surface area contributed by atoms with E-state index < -0.39 is 48.1 Å². The van der Waals surface area contributed by atoms with Crippen LogP contribution < -0.4 is 16.0 Å². The van der Waals surface area contributed by atoms with E-state index in [0.717, 1.165) is 4.90 Å². The summed E-state index contributed by atoms with van der Waals surface area (Å²) in [6, 6.07) is 3.63. The first-order valence-corrected chi connectivity index (χ1v) is 10.1. The van der Waals surface area contributed by atoms with Crippen LogP contribution in [0.4, 0.5) is 13.2 Å². The molecule has 2 fully saturated rings. The van der Waals surface area contributed by atoms with Gasteiger partial charge in [0.15, 0.2) is 6.10 Å². The number of nitrogens with zero attached hydrogens (tertiary/aromatic N) is 1. The lowest BCUT2D eigenvalue weighted by atomic mass is 10.0. The predicted octanol–water partition coefficient (Wildman–Crippen LogP) is 0.0967. The number of hydrogen-bond donors (Lipinski definition) is 3. The second-order valence-electron chi connectivity index (χ2n) is 7.86. The first-order chi connectivity index (χ1) is 15.2. The summed E-state index contributed by atoms with van der Waals surface area (Å²) in [6.45, 7) is 0.149. The van der Waals surface area contributed by atoms with Crippen molar-refractivity contribution in [2.24, 2.45) is 0 Å². The van der Waals surface area contributed by atoms with Gasteiger partial charge in [-0.05, 0) is 18.1 Å². The predicted molar refractivity (Wildman–Crippen MR) is 102 cm³/mol. The fraction of sp³-hybridized carbons (Fsp3) is 0.500. The summed E-state index contributed by atoms with van der Waals surface area (Å²) in [7, 11) is 0. The molecule has 3 unspecified atom stereocenters. The minimum Gasteiger partial charge on any atom is -0.362 e. The molecule has 1 aromatic carbocycles. The third-order valence-electron chi connectivity index (χ3n) is 5.67. The molecule has 32 heavy (non-hydrogen) atoms. The molecular weight excluding hydrogens is 433 g/mol. The van der Waals surface area contributed by atoms with E-state index in [1.807, 2.05) is 0 Å². The Morgan fingerprint density at radius 2 is 1.91 bits per heavy atom. The number of fused-ring (bicyclic) bond motifs is 1. The van der Waals surface area contributed by atoms with Gasteiger partial charge in [0.1, 0.15) is 6.04 Å². The SMILES string of the molecule is O=C1CCC(N2C(=O)c3cccc(CNCC4CNCC(C(F)(F)F)O4)c3C2=O)C(=O)N1. The third kappa shape index (κ3) is 4.25. The summed E-state index contributed by atoms with van der Waals surface area (Å²) in [5.41, 5.74) is 0.768. The molecule has 0 saturated carbocycles. The number of rotatable bonds is 5. The monoisotopic (exact) mass is 454 g/mol. The Bertz CT molecular complexity index is 967. The standard InChI is InChI=1S/C20H21F3N4O5/c21-20(22,23)14-9-25-8-11(32-14)7-24-6-10-2-1-3-12-16(10)19(31)27(18(12)30)13-4-5-15(28)26-17(13)29/h1-3,11,13-14,24-25H,4-9H2,(H,26,28,29). The fourth-order valence-electron chi connectivity index (χ4n) is 4.12. The number of piperidine rings is 1. The fourth-order valence-corrected chi connectivity index (χ4v) is 4.12. The highest BCUT2D eigenvalue weighted by Crippen LogP contribution is 2.30. The number of morpholine rings is 1. The van der Waals surface area contributed by atoms with Gasteiger partial charge < -0.3 is 15.4 Å². The molecule has 0 radical (unpaired) electrons. The molecule has 0 spiro atoms. The summed E-state index contributed by atoms with van der Waals surface area (Å²) >= 11 is 0. The second kappa shape index (κ2) is 8.60. The first-order valence-electron chi connectivity index (χ1n) is 10.1. The molecule has 0 bridgehead atoms. The third-order valence-corrected chi connectivity index (χ3v) is 5.67. The first kappa shape index (κ1) is 22.4. The van der Waals surface area contributed by atoms with Gasteiger partial charge in [0.25, 0.3) is 11.8 Å². The highest BCUT2D eigenvalue weighted by molar-refractivity contribution is 6.24. The lowest BCUT2D eigenvalue weighted by molar-refractivity contribution is -0.238. The summed E-state index contributed by atoms with van der Waals surface area (Å²) in [5.74, 6) is -2.41. The Morgan fingerprint density at radius 1 is 1.12 bits per heavy atom. The Balaban J connectivity index is 1.43. The Kier molecular flexibility index (Phi) is 6.01. The smallest absolute Gasteiger partial charge is 0.362 e. The van der Waals surface area contributed by atoms with Crippen molar-refractivity contribution in [3.05, 3.63) is 34.9 Å². The van der Waals surface area contributed by atoms with Gasteiger partial charge in [0.05, 0.1) is 17.2 Å². The zero-order valence-electron chi connectivity index (χ0n) is 16.8. The van der Waals surface area contributed by atoms with Gasteiger partial charge in [0.2, 0.25) is 11.8 Å². The molecule has 4 amide bonds. The van der Waals surface area contributed by atoms with Gasteiger partial charge in [-0.15, -0.1) is 0 Å². The van der Waals surface area contributed by atoms with Crippen molar-refractivity contribution < 1.29 is 37.1 Å². The Labute approximate surface area is 180 Å². The number of hydrogen-bond acceptors (Lipinski definition) is 7. The number of benzene rings is 1. The number of carbonyl (C=O) groups excluding carboxylic acids is 4. The zero-order valence-corrected chi connectivity index (χ0v) is 16.8. The number of alkyl halides is 3. The average molecular weight is 454 g/mol. The van der Waals surface area contributed by atoms with Crippen molar-refractivity contribution >= 4 is 23.6 Å². The zero-order chi connectivity index (χ0) is 23.0. The van der Waals surface area contributed by atoms with Crippen molar-refractivity contribution in [2.45, 2.75) is 43.8 Å². The van der Waals surface area contributed by atoms with Crippen molar-refractivity contribution in [2.75, 3.05) is 19.6 Å². The van der Waals surface area contributed by atoms with Gasteiger partial charge >= 0.3 is 6.18 Å². The van der Waals surface area contributed by atoms with Gasteiger partial charge in [-0.2, -0.15) is 13.2 Å². The van der Waals surface area contributed by atoms with Crippen LogP contribution in [0.3, 0.4) is 0 Å². The van der Waals surface area contributed by atoms with Crippen LogP contribution in [-0.4, -0.2) is 72.6 Å². The van der Waals surface area contributed by atoms with Crippen LogP contribution in [0.25, 0.3) is 0 Å². The molecule has 9 nitrogen and oxygen atoms in total. The topological polar surface area (TPSA) is 117 Å². The molecule has 0 aliphatic carbocycles.